The number of halogens is 1. The van der Waals surface area contributed by atoms with E-state index < -0.39 is 5.82 Å². The molecule has 2 aromatic carbocycles. The van der Waals surface area contributed by atoms with Crippen molar-refractivity contribution in [2.24, 2.45) is 0 Å². The maximum absolute atomic E-state index is 15.1. The highest BCUT2D eigenvalue weighted by atomic mass is 19.1. The van der Waals surface area contributed by atoms with E-state index in [-0.39, 0.29) is 34.8 Å². The fourth-order valence-corrected chi connectivity index (χ4v) is 4.39. The molecule has 1 fully saturated rings. The molecule has 0 spiro atoms. The van der Waals surface area contributed by atoms with Crippen LogP contribution in [0.4, 0.5) is 16.2 Å². The summed E-state index contributed by atoms with van der Waals surface area (Å²) in [4.78, 5) is 25.5. The van der Waals surface area contributed by atoms with E-state index in [0.29, 0.717) is 37.4 Å². The zero-order valence-corrected chi connectivity index (χ0v) is 19.8. The molecule has 0 aliphatic carbocycles. The van der Waals surface area contributed by atoms with E-state index >= 15 is 4.39 Å². The zero-order chi connectivity index (χ0) is 24.2. The fraction of sp³-hybridized carbons (Fsp3) is 0.400. The van der Waals surface area contributed by atoms with Crippen molar-refractivity contribution in [3.05, 3.63) is 47.8 Å². The fourth-order valence-electron chi connectivity index (χ4n) is 4.39. The monoisotopic (exact) mass is 467 g/mol. The average molecular weight is 468 g/mol. The Balaban J connectivity index is 1.46. The van der Waals surface area contributed by atoms with Crippen LogP contribution in [0.15, 0.2) is 36.4 Å². The second-order valence-electron chi connectivity index (χ2n) is 8.45. The number of rotatable bonds is 7. The molecule has 1 unspecified atom stereocenters. The van der Waals surface area contributed by atoms with Gasteiger partial charge in [-0.3, -0.25) is 4.79 Å². The van der Waals surface area contributed by atoms with Crippen LogP contribution in [0, 0.1) is 5.82 Å². The Kier molecular flexibility index (Phi) is 7.00. The Hall–Kier alpha value is -3.62. The van der Waals surface area contributed by atoms with Gasteiger partial charge in [0.1, 0.15) is 11.3 Å². The molecule has 1 aliphatic rings. The van der Waals surface area contributed by atoms with Crippen LogP contribution < -0.4 is 20.1 Å². The van der Waals surface area contributed by atoms with Crippen LogP contribution in [0.5, 0.6) is 11.5 Å². The summed E-state index contributed by atoms with van der Waals surface area (Å²) in [5.74, 6) is 0.184. The zero-order valence-electron chi connectivity index (χ0n) is 19.8. The summed E-state index contributed by atoms with van der Waals surface area (Å²) >= 11 is 0. The summed E-state index contributed by atoms with van der Waals surface area (Å²) in [6.07, 6.45) is 2.20. The van der Waals surface area contributed by atoms with Gasteiger partial charge < -0.3 is 25.0 Å². The lowest BCUT2D eigenvalue weighted by Gasteiger charge is -2.40. The summed E-state index contributed by atoms with van der Waals surface area (Å²) in [6, 6.07) is 11.7. The number of nitrogens with two attached hydrogens (primary N) is 1. The molecule has 180 valence electrons. The maximum Gasteiger partial charge on any atom is 0.228 e. The largest absolute Gasteiger partial charge is 0.493 e. The van der Waals surface area contributed by atoms with Crippen molar-refractivity contribution in [3.63, 3.8) is 0 Å². The van der Waals surface area contributed by atoms with Crippen molar-refractivity contribution in [1.82, 2.24) is 14.9 Å². The number of aryl methyl sites for hydroxylation is 1. The van der Waals surface area contributed by atoms with E-state index in [1.807, 2.05) is 34.9 Å². The van der Waals surface area contributed by atoms with E-state index in [2.05, 4.69) is 22.1 Å². The molecule has 8 nitrogen and oxygen atoms in total. The molecular weight excluding hydrogens is 437 g/mol. The first-order valence-corrected chi connectivity index (χ1v) is 11.4. The smallest absolute Gasteiger partial charge is 0.228 e. The number of hydrogen-bond donors (Lipinski definition) is 1. The van der Waals surface area contributed by atoms with Crippen LogP contribution in [0.3, 0.4) is 0 Å². The van der Waals surface area contributed by atoms with Gasteiger partial charge >= 0.3 is 0 Å². The first kappa shape index (κ1) is 23.5. The summed E-state index contributed by atoms with van der Waals surface area (Å²) in [5, 5.41) is 0.360. The number of methoxy groups -OCH3 is 2. The van der Waals surface area contributed by atoms with Gasteiger partial charge in [-0.15, -0.1) is 0 Å². The Morgan fingerprint density at radius 2 is 1.94 bits per heavy atom. The van der Waals surface area contributed by atoms with Gasteiger partial charge in [0.15, 0.2) is 17.3 Å². The summed E-state index contributed by atoms with van der Waals surface area (Å²) in [5.41, 5.74) is 7.48. The van der Waals surface area contributed by atoms with Crippen LogP contribution in [-0.2, 0) is 11.2 Å². The second-order valence-corrected chi connectivity index (χ2v) is 8.45. The number of carbonyl (C=O) groups is 1. The lowest BCUT2D eigenvalue weighted by molar-refractivity contribution is -0.132. The molecule has 34 heavy (non-hydrogen) atoms. The molecule has 4 rings (SSSR count). The van der Waals surface area contributed by atoms with E-state index in [1.165, 1.54) is 19.8 Å². The quantitative estimate of drug-likeness (QED) is 0.569. The van der Waals surface area contributed by atoms with E-state index in [4.69, 9.17) is 15.2 Å². The molecule has 2 heterocycles. The molecule has 0 bridgehead atoms. The van der Waals surface area contributed by atoms with Gasteiger partial charge in [0, 0.05) is 37.5 Å². The molecule has 2 N–H and O–H groups in total. The number of carbonyl (C=O) groups excluding carboxylic acids is 1. The van der Waals surface area contributed by atoms with E-state index in [0.717, 1.165) is 12.8 Å². The lowest BCUT2D eigenvalue weighted by Crippen LogP contribution is -2.54. The number of nitrogen functional groups attached to an aromatic ring is 1. The molecule has 0 radical (unpaired) electrons. The highest BCUT2D eigenvalue weighted by Gasteiger charge is 2.29. The standard InChI is InChI=1S/C25H30FN5O3/c1-16-15-30(20(32)11-7-10-17-8-5-4-6-9-17)12-13-31(16)25-28-22-18(24(27)29-25)14-19(33-2)23(34-3)21(22)26/h4-6,8-9,14,16H,7,10-13,15H2,1-3H3,(H2,27,28,29). The van der Waals surface area contributed by atoms with Crippen LogP contribution in [0.25, 0.3) is 10.9 Å². The number of nitrogens with zero attached hydrogens (tertiary/aromatic N) is 4. The number of benzene rings is 2. The minimum Gasteiger partial charge on any atom is -0.493 e. The molecule has 1 saturated heterocycles. The van der Waals surface area contributed by atoms with Crippen molar-refractivity contribution in [2.75, 3.05) is 44.5 Å². The number of fused-ring (bicyclic) bond motifs is 1. The van der Waals surface area contributed by atoms with E-state index in [1.54, 1.807) is 6.07 Å². The molecule has 1 aliphatic heterocycles. The highest BCUT2D eigenvalue weighted by molar-refractivity contribution is 5.92. The number of ether oxygens (including phenoxy) is 2. The third-order valence-corrected chi connectivity index (χ3v) is 6.23. The third kappa shape index (κ3) is 4.69. The predicted molar refractivity (Wildman–Crippen MR) is 130 cm³/mol. The molecular formula is C25H30FN5O3. The Morgan fingerprint density at radius 3 is 2.62 bits per heavy atom. The minimum absolute atomic E-state index is 0.0296. The van der Waals surface area contributed by atoms with Crippen LogP contribution in [0.2, 0.25) is 0 Å². The first-order chi connectivity index (χ1) is 16.4. The molecule has 1 atom stereocenters. The van der Waals surface area contributed by atoms with E-state index in [9.17, 15) is 4.79 Å². The van der Waals surface area contributed by atoms with Crippen LogP contribution >= 0.6 is 0 Å². The van der Waals surface area contributed by atoms with Gasteiger partial charge in [-0.1, -0.05) is 30.3 Å². The van der Waals surface area contributed by atoms with Crippen LogP contribution in [-0.4, -0.2) is 60.7 Å². The Bertz CT molecular complexity index is 1170. The predicted octanol–water partition coefficient (Wildman–Crippen LogP) is 3.43. The summed E-state index contributed by atoms with van der Waals surface area (Å²) < 4.78 is 25.5. The van der Waals surface area contributed by atoms with Gasteiger partial charge in [-0.05, 0) is 31.4 Å². The van der Waals surface area contributed by atoms with Gasteiger partial charge in [0.2, 0.25) is 11.9 Å². The lowest BCUT2D eigenvalue weighted by atomic mass is 10.1. The number of hydrogen-bond acceptors (Lipinski definition) is 7. The number of aromatic nitrogens is 2. The highest BCUT2D eigenvalue weighted by Crippen LogP contribution is 2.37. The Labute approximate surface area is 198 Å². The van der Waals surface area contributed by atoms with Crippen molar-refractivity contribution >= 4 is 28.6 Å². The molecule has 0 saturated carbocycles. The topological polar surface area (TPSA) is 93.8 Å². The molecule has 3 aromatic rings. The number of piperazine rings is 1. The van der Waals surface area contributed by atoms with Crippen molar-refractivity contribution in [2.45, 2.75) is 32.2 Å². The Morgan fingerprint density at radius 1 is 1.18 bits per heavy atom. The molecule has 1 amide bonds. The van der Waals surface area contributed by atoms with Crippen LogP contribution in [0.1, 0.15) is 25.3 Å². The normalized spacial score (nSPS) is 16.1. The van der Waals surface area contributed by atoms with Gasteiger partial charge in [0.05, 0.1) is 14.2 Å². The number of anilines is 2. The summed E-state index contributed by atoms with van der Waals surface area (Å²) in [6.45, 7) is 3.62. The first-order valence-electron chi connectivity index (χ1n) is 11.4. The van der Waals surface area contributed by atoms with Gasteiger partial charge in [-0.2, -0.15) is 4.98 Å². The molecule has 1 aromatic heterocycles. The van der Waals surface area contributed by atoms with Crippen molar-refractivity contribution in [3.8, 4) is 11.5 Å². The molecule has 9 heteroatoms. The van der Waals surface area contributed by atoms with Gasteiger partial charge in [0.25, 0.3) is 0 Å². The van der Waals surface area contributed by atoms with Crippen molar-refractivity contribution in [1.29, 1.82) is 0 Å². The summed E-state index contributed by atoms with van der Waals surface area (Å²) in [7, 11) is 2.80. The van der Waals surface area contributed by atoms with Crippen molar-refractivity contribution < 1.29 is 18.7 Å². The maximum atomic E-state index is 15.1. The number of amides is 1. The second kappa shape index (κ2) is 10.1. The minimum atomic E-state index is -0.646. The third-order valence-electron chi connectivity index (χ3n) is 6.23. The average Bonchev–Trinajstić information content (AvgIpc) is 2.84. The van der Waals surface area contributed by atoms with Gasteiger partial charge in [-0.25, -0.2) is 9.37 Å². The SMILES string of the molecule is COc1cc2c(N)nc(N3CCN(C(=O)CCCc4ccccc4)CC3C)nc2c(F)c1OC.